The van der Waals surface area contributed by atoms with E-state index in [1.807, 2.05) is 23.6 Å². The van der Waals surface area contributed by atoms with Crippen molar-refractivity contribution in [3.63, 3.8) is 0 Å². The normalized spacial score (nSPS) is 19.8. The summed E-state index contributed by atoms with van der Waals surface area (Å²) in [5.74, 6) is -1.97. The largest absolute Gasteiger partial charge is 0.465 e. The van der Waals surface area contributed by atoms with Gasteiger partial charge in [0.1, 0.15) is 5.92 Å². The summed E-state index contributed by atoms with van der Waals surface area (Å²) in [4.78, 5) is 26.2. The highest BCUT2D eigenvalue weighted by molar-refractivity contribution is 7.92. The number of ketones is 1. The summed E-state index contributed by atoms with van der Waals surface area (Å²) in [6.45, 7) is 1.93. The standard InChI is InChI=1S/C20H21NO5S2/c1-3-26-20(23)19-16(18-8-5-9-27-18)11-14(12-17(19)22)13-6-4-7-15(10-13)21-28(2,24)25/h4-10,12,16,19,21H,3,11H2,1-2H3/t16-,19-/m0/s1. The Labute approximate surface area is 168 Å². The number of allylic oxidation sites excluding steroid dienone is 2. The van der Waals surface area contributed by atoms with Crippen LogP contribution in [0.1, 0.15) is 29.7 Å². The van der Waals surface area contributed by atoms with Gasteiger partial charge in [0, 0.05) is 16.5 Å². The number of benzene rings is 1. The first-order valence-corrected chi connectivity index (χ1v) is 11.6. The molecule has 148 valence electrons. The molecule has 3 rings (SSSR count). The highest BCUT2D eigenvalue weighted by atomic mass is 32.2. The van der Waals surface area contributed by atoms with Crippen LogP contribution in [0.3, 0.4) is 0 Å². The highest BCUT2D eigenvalue weighted by Gasteiger charge is 2.40. The molecule has 8 heteroatoms. The molecule has 1 N–H and O–H groups in total. The first kappa shape index (κ1) is 20.3. The Morgan fingerprint density at radius 2 is 2.07 bits per heavy atom. The van der Waals surface area contributed by atoms with Crippen LogP contribution < -0.4 is 4.72 Å². The van der Waals surface area contributed by atoms with E-state index >= 15 is 0 Å². The molecule has 1 aromatic carbocycles. The lowest BCUT2D eigenvalue weighted by atomic mass is 9.76. The number of esters is 1. The van der Waals surface area contributed by atoms with Gasteiger partial charge in [-0.15, -0.1) is 11.3 Å². The molecule has 0 bridgehead atoms. The van der Waals surface area contributed by atoms with Gasteiger partial charge in [0.25, 0.3) is 0 Å². The van der Waals surface area contributed by atoms with E-state index in [2.05, 4.69) is 4.72 Å². The number of anilines is 1. The lowest BCUT2D eigenvalue weighted by Crippen LogP contribution is -2.33. The number of hydrogen-bond donors (Lipinski definition) is 1. The molecule has 0 unspecified atom stereocenters. The Morgan fingerprint density at radius 1 is 1.29 bits per heavy atom. The third-order valence-electron chi connectivity index (χ3n) is 4.45. The Bertz CT molecular complexity index is 1010. The average Bonchev–Trinajstić information content (AvgIpc) is 3.14. The lowest BCUT2D eigenvalue weighted by Gasteiger charge is -2.28. The Hall–Kier alpha value is -2.45. The number of carbonyl (C=O) groups excluding carboxylic acids is 2. The van der Waals surface area contributed by atoms with Gasteiger partial charge in [0.15, 0.2) is 5.78 Å². The minimum atomic E-state index is -3.40. The van der Waals surface area contributed by atoms with Crippen molar-refractivity contribution in [3.8, 4) is 0 Å². The smallest absolute Gasteiger partial charge is 0.317 e. The predicted octanol–water partition coefficient (Wildman–Crippen LogP) is 3.44. The second-order valence-corrected chi connectivity index (χ2v) is 9.31. The van der Waals surface area contributed by atoms with Crippen LogP contribution in [0.25, 0.3) is 5.57 Å². The second-order valence-electron chi connectivity index (χ2n) is 6.58. The third kappa shape index (κ3) is 4.69. The van der Waals surface area contributed by atoms with E-state index in [1.54, 1.807) is 25.1 Å². The number of carbonyl (C=O) groups is 2. The molecule has 6 nitrogen and oxygen atoms in total. The molecule has 0 radical (unpaired) electrons. The van der Waals surface area contributed by atoms with Crippen LogP contribution >= 0.6 is 11.3 Å². The van der Waals surface area contributed by atoms with Gasteiger partial charge in [0.05, 0.1) is 12.9 Å². The molecule has 0 fully saturated rings. The monoisotopic (exact) mass is 419 g/mol. The van der Waals surface area contributed by atoms with Gasteiger partial charge in [0.2, 0.25) is 10.0 Å². The molecule has 0 spiro atoms. The fraction of sp³-hybridized carbons (Fsp3) is 0.300. The van der Waals surface area contributed by atoms with Crippen LogP contribution in [0, 0.1) is 5.92 Å². The van der Waals surface area contributed by atoms with Crippen molar-refractivity contribution in [2.45, 2.75) is 19.3 Å². The van der Waals surface area contributed by atoms with Crippen LogP contribution in [0.4, 0.5) is 5.69 Å². The predicted molar refractivity (Wildman–Crippen MR) is 110 cm³/mol. The molecule has 1 aliphatic carbocycles. The zero-order valence-corrected chi connectivity index (χ0v) is 17.2. The maximum Gasteiger partial charge on any atom is 0.317 e. The average molecular weight is 420 g/mol. The summed E-state index contributed by atoms with van der Waals surface area (Å²) in [6, 6.07) is 10.7. The van der Waals surface area contributed by atoms with E-state index in [0.717, 1.165) is 22.3 Å². The third-order valence-corrected chi connectivity index (χ3v) is 6.06. The molecule has 0 amide bonds. The number of thiophene rings is 1. The van der Waals surface area contributed by atoms with Gasteiger partial charge >= 0.3 is 5.97 Å². The summed E-state index contributed by atoms with van der Waals surface area (Å²) in [6.07, 6.45) is 3.04. The fourth-order valence-corrected chi connectivity index (χ4v) is 4.77. The van der Waals surface area contributed by atoms with Gasteiger partial charge in [-0.1, -0.05) is 18.2 Å². The van der Waals surface area contributed by atoms with Crippen molar-refractivity contribution in [1.82, 2.24) is 0 Å². The lowest BCUT2D eigenvalue weighted by molar-refractivity contribution is -0.151. The second kappa shape index (κ2) is 8.28. The number of ether oxygens (including phenoxy) is 1. The van der Waals surface area contributed by atoms with Gasteiger partial charge in [-0.2, -0.15) is 0 Å². The molecule has 2 atom stereocenters. The first-order chi connectivity index (χ1) is 13.3. The SMILES string of the molecule is CCOC(=O)[C@@H]1C(=O)C=C(c2cccc(NS(C)(=O)=O)c2)C[C@H]1c1cccs1. The molecule has 0 saturated heterocycles. The summed E-state index contributed by atoms with van der Waals surface area (Å²) < 4.78 is 30.6. The van der Waals surface area contributed by atoms with E-state index in [9.17, 15) is 18.0 Å². The Balaban J connectivity index is 1.97. The van der Waals surface area contributed by atoms with Crippen molar-refractivity contribution in [3.05, 3.63) is 58.3 Å². The number of nitrogens with one attached hydrogen (secondary N) is 1. The van der Waals surface area contributed by atoms with Crippen LogP contribution in [-0.2, 0) is 24.3 Å². The van der Waals surface area contributed by atoms with Gasteiger partial charge in [-0.3, -0.25) is 14.3 Å². The van der Waals surface area contributed by atoms with E-state index < -0.39 is 21.9 Å². The molecular weight excluding hydrogens is 398 g/mol. The summed E-state index contributed by atoms with van der Waals surface area (Å²) in [5.41, 5.74) is 1.93. The number of sulfonamides is 1. The van der Waals surface area contributed by atoms with Crippen molar-refractivity contribution in [2.24, 2.45) is 5.92 Å². The minimum absolute atomic E-state index is 0.218. The maximum atomic E-state index is 12.8. The van der Waals surface area contributed by atoms with Gasteiger partial charge in [-0.05, 0) is 54.1 Å². The quantitative estimate of drug-likeness (QED) is 0.572. The van der Waals surface area contributed by atoms with Gasteiger partial charge in [-0.25, -0.2) is 8.42 Å². The van der Waals surface area contributed by atoms with Crippen LogP contribution in [-0.4, -0.2) is 33.0 Å². The molecule has 1 heterocycles. The molecular formula is C20H21NO5S2. The van der Waals surface area contributed by atoms with Crippen molar-refractivity contribution in [2.75, 3.05) is 17.6 Å². The van der Waals surface area contributed by atoms with Gasteiger partial charge < -0.3 is 4.74 Å². The van der Waals surface area contributed by atoms with Crippen LogP contribution in [0.2, 0.25) is 0 Å². The van der Waals surface area contributed by atoms with Crippen LogP contribution in [0.5, 0.6) is 0 Å². The van der Waals surface area contributed by atoms with Crippen LogP contribution in [0.15, 0.2) is 47.9 Å². The van der Waals surface area contributed by atoms with Crippen molar-refractivity contribution < 1.29 is 22.7 Å². The maximum absolute atomic E-state index is 12.8. The number of hydrogen-bond acceptors (Lipinski definition) is 6. The van der Waals surface area contributed by atoms with E-state index in [1.165, 1.54) is 17.4 Å². The molecule has 28 heavy (non-hydrogen) atoms. The molecule has 1 aliphatic rings. The molecule has 0 saturated carbocycles. The minimum Gasteiger partial charge on any atom is -0.465 e. The topological polar surface area (TPSA) is 89.5 Å². The highest BCUT2D eigenvalue weighted by Crippen LogP contribution is 2.42. The van der Waals surface area contributed by atoms with Crippen molar-refractivity contribution in [1.29, 1.82) is 0 Å². The van der Waals surface area contributed by atoms with Crippen molar-refractivity contribution >= 4 is 44.4 Å². The van der Waals surface area contributed by atoms with E-state index in [-0.39, 0.29) is 18.3 Å². The number of rotatable bonds is 6. The molecule has 0 aliphatic heterocycles. The molecule has 2 aromatic rings. The van der Waals surface area contributed by atoms with E-state index in [4.69, 9.17) is 4.74 Å². The fourth-order valence-electron chi connectivity index (χ4n) is 3.35. The summed E-state index contributed by atoms with van der Waals surface area (Å²) in [7, 11) is -3.40. The Morgan fingerprint density at radius 3 is 2.71 bits per heavy atom. The summed E-state index contributed by atoms with van der Waals surface area (Å²) >= 11 is 1.50. The summed E-state index contributed by atoms with van der Waals surface area (Å²) in [5, 5.41) is 1.91. The zero-order valence-electron chi connectivity index (χ0n) is 15.5. The molecule has 1 aromatic heterocycles. The Kier molecular flexibility index (Phi) is 6.00. The zero-order chi connectivity index (χ0) is 20.3. The first-order valence-electron chi connectivity index (χ1n) is 8.81. The van der Waals surface area contributed by atoms with E-state index in [0.29, 0.717) is 12.1 Å².